The van der Waals surface area contributed by atoms with E-state index in [1.807, 2.05) is 36.2 Å². The predicted octanol–water partition coefficient (Wildman–Crippen LogP) is 1.77. The Kier molecular flexibility index (Phi) is 9.18. The maximum atomic E-state index is 11.9. The highest BCUT2D eigenvalue weighted by Gasteiger charge is 2.29. The average Bonchev–Trinajstić information content (AvgIpc) is 3.42. The van der Waals surface area contributed by atoms with Gasteiger partial charge < -0.3 is 34.6 Å². The minimum absolute atomic E-state index is 0.0758. The third-order valence-corrected chi connectivity index (χ3v) is 7.31. The molecule has 2 fully saturated rings. The molecule has 2 N–H and O–H groups in total. The summed E-state index contributed by atoms with van der Waals surface area (Å²) in [6, 6.07) is 10.3. The quantitative estimate of drug-likeness (QED) is 0.493. The minimum atomic E-state index is -0.593. The van der Waals surface area contributed by atoms with E-state index in [-0.39, 0.29) is 18.6 Å². The van der Waals surface area contributed by atoms with Crippen LogP contribution < -0.4 is 19.9 Å². The van der Waals surface area contributed by atoms with Crippen molar-refractivity contribution in [3.8, 4) is 17.1 Å². The van der Waals surface area contributed by atoms with E-state index in [0.29, 0.717) is 24.2 Å². The highest BCUT2D eigenvalue weighted by molar-refractivity contribution is 5.73. The zero-order valence-corrected chi connectivity index (χ0v) is 22.4. The number of hydrogen-bond acceptors (Lipinski definition) is 9. The SMILES string of the molecule is CNCC(O)COc1cccc(-c2nc(N3CCC(N(C)C(C)=O)C3)cc(N(C)C3CCOCC3)n2)c1. The number of likely N-dealkylation sites (N-methyl/N-ethyl adjacent to an activating group) is 2. The summed E-state index contributed by atoms with van der Waals surface area (Å²) < 4.78 is 11.4. The van der Waals surface area contributed by atoms with Crippen LogP contribution in [-0.2, 0) is 9.53 Å². The van der Waals surface area contributed by atoms with Crippen molar-refractivity contribution < 1.29 is 19.4 Å². The smallest absolute Gasteiger partial charge is 0.219 e. The lowest BCUT2D eigenvalue weighted by molar-refractivity contribution is -0.129. The Bertz CT molecular complexity index is 1050. The highest BCUT2D eigenvalue weighted by atomic mass is 16.5. The summed E-state index contributed by atoms with van der Waals surface area (Å²) in [6.07, 6.45) is 2.22. The number of aromatic nitrogens is 2. The summed E-state index contributed by atoms with van der Waals surface area (Å²) >= 11 is 0. The van der Waals surface area contributed by atoms with Crippen LogP contribution in [0.2, 0.25) is 0 Å². The molecule has 0 radical (unpaired) electrons. The predicted molar refractivity (Wildman–Crippen MR) is 144 cm³/mol. The molecule has 2 aliphatic heterocycles. The zero-order chi connectivity index (χ0) is 26.4. The fraction of sp³-hybridized carbons (Fsp3) is 0.593. The number of rotatable bonds is 10. The monoisotopic (exact) mass is 512 g/mol. The van der Waals surface area contributed by atoms with Gasteiger partial charge in [-0.3, -0.25) is 4.79 Å². The van der Waals surface area contributed by atoms with Gasteiger partial charge >= 0.3 is 0 Å². The second-order valence-electron chi connectivity index (χ2n) is 9.93. The zero-order valence-electron chi connectivity index (χ0n) is 22.4. The van der Waals surface area contributed by atoms with E-state index >= 15 is 0 Å². The van der Waals surface area contributed by atoms with E-state index in [2.05, 4.69) is 28.2 Å². The first-order chi connectivity index (χ1) is 17.9. The van der Waals surface area contributed by atoms with Gasteiger partial charge in [0, 0.05) is 71.5 Å². The van der Waals surface area contributed by atoms with Gasteiger partial charge in [0.05, 0.1) is 6.04 Å². The molecule has 202 valence electrons. The van der Waals surface area contributed by atoms with Gasteiger partial charge in [-0.25, -0.2) is 9.97 Å². The number of carbonyl (C=O) groups excluding carboxylic acids is 1. The molecule has 0 spiro atoms. The van der Waals surface area contributed by atoms with Crippen LogP contribution in [0.25, 0.3) is 11.4 Å². The number of aliphatic hydroxyl groups excluding tert-OH is 1. The number of hydrogen-bond donors (Lipinski definition) is 2. The second-order valence-corrected chi connectivity index (χ2v) is 9.93. The maximum absolute atomic E-state index is 11.9. The Balaban J connectivity index is 1.62. The number of nitrogens with zero attached hydrogens (tertiary/aromatic N) is 5. The Morgan fingerprint density at radius 2 is 2.00 bits per heavy atom. The summed E-state index contributed by atoms with van der Waals surface area (Å²) in [5, 5.41) is 13.0. The van der Waals surface area contributed by atoms with Gasteiger partial charge in [-0.05, 0) is 38.4 Å². The minimum Gasteiger partial charge on any atom is -0.491 e. The summed E-state index contributed by atoms with van der Waals surface area (Å²) in [4.78, 5) is 28.2. The van der Waals surface area contributed by atoms with E-state index in [9.17, 15) is 9.90 Å². The number of aliphatic hydroxyl groups is 1. The van der Waals surface area contributed by atoms with Gasteiger partial charge in [0.15, 0.2) is 5.82 Å². The number of benzene rings is 1. The largest absolute Gasteiger partial charge is 0.491 e. The first-order valence-corrected chi connectivity index (χ1v) is 13.1. The Labute approximate surface area is 219 Å². The molecule has 2 atom stereocenters. The Morgan fingerprint density at radius 1 is 1.22 bits per heavy atom. The second kappa shape index (κ2) is 12.5. The van der Waals surface area contributed by atoms with E-state index in [1.165, 1.54) is 0 Å². The first kappa shape index (κ1) is 27.1. The van der Waals surface area contributed by atoms with Crippen LogP contribution >= 0.6 is 0 Å². The molecule has 1 aromatic heterocycles. The Hall–Kier alpha value is -2.95. The van der Waals surface area contributed by atoms with Crippen LogP contribution in [0.5, 0.6) is 5.75 Å². The molecule has 3 heterocycles. The number of nitrogens with one attached hydrogen (secondary N) is 1. The third-order valence-electron chi connectivity index (χ3n) is 7.31. The molecule has 0 aliphatic carbocycles. The van der Waals surface area contributed by atoms with Crippen LogP contribution in [0.15, 0.2) is 30.3 Å². The van der Waals surface area contributed by atoms with Crippen LogP contribution in [-0.4, -0.2) is 105 Å². The van der Waals surface area contributed by atoms with Crippen molar-refractivity contribution in [2.45, 2.75) is 44.4 Å². The summed E-state index contributed by atoms with van der Waals surface area (Å²) in [7, 11) is 5.75. The maximum Gasteiger partial charge on any atom is 0.219 e. The molecule has 1 aromatic carbocycles. The molecule has 0 bridgehead atoms. The van der Waals surface area contributed by atoms with Gasteiger partial charge in [0.1, 0.15) is 30.1 Å². The third kappa shape index (κ3) is 6.88. The molecule has 37 heavy (non-hydrogen) atoms. The van der Waals surface area contributed by atoms with E-state index in [1.54, 1.807) is 14.0 Å². The van der Waals surface area contributed by atoms with Crippen LogP contribution in [0, 0.1) is 0 Å². The van der Waals surface area contributed by atoms with Gasteiger partial charge in [-0.2, -0.15) is 0 Å². The van der Waals surface area contributed by atoms with E-state index in [0.717, 1.165) is 62.8 Å². The van der Waals surface area contributed by atoms with Crippen molar-refractivity contribution in [1.29, 1.82) is 0 Å². The number of amides is 1. The fourth-order valence-electron chi connectivity index (χ4n) is 4.89. The van der Waals surface area contributed by atoms with Crippen LogP contribution in [0.4, 0.5) is 11.6 Å². The topological polar surface area (TPSA) is 103 Å². The molecule has 4 rings (SSSR count). The van der Waals surface area contributed by atoms with Gasteiger partial charge in [-0.15, -0.1) is 0 Å². The number of anilines is 2. The number of ether oxygens (including phenoxy) is 2. The van der Waals surface area contributed by atoms with Crippen molar-refractivity contribution in [1.82, 2.24) is 20.2 Å². The normalized spacial score (nSPS) is 19.1. The lowest BCUT2D eigenvalue weighted by atomic mass is 10.1. The van der Waals surface area contributed by atoms with Crippen molar-refractivity contribution in [2.75, 3.05) is 70.4 Å². The van der Waals surface area contributed by atoms with Gasteiger partial charge in [-0.1, -0.05) is 12.1 Å². The fourth-order valence-corrected chi connectivity index (χ4v) is 4.89. The molecular formula is C27H40N6O4. The van der Waals surface area contributed by atoms with Crippen molar-refractivity contribution in [2.24, 2.45) is 0 Å². The van der Waals surface area contributed by atoms with Crippen molar-refractivity contribution >= 4 is 17.5 Å². The van der Waals surface area contributed by atoms with Crippen molar-refractivity contribution in [3.63, 3.8) is 0 Å². The Morgan fingerprint density at radius 3 is 2.73 bits per heavy atom. The molecule has 1 amide bonds. The average molecular weight is 513 g/mol. The molecule has 10 nitrogen and oxygen atoms in total. The summed E-state index contributed by atoms with van der Waals surface area (Å²) in [6.45, 7) is 5.34. The molecule has 2 unspecified atom stereocenters. The number of carbonyl (C=O) groups is 1. The van der Waals surface area contributed by atoms with Crippen LogP contribution in [0.1, 0.15) is 26.2 Å². The molecule has 2 saturated heterocycles. The lowest BCUT2D eigenvalue weighted by Gasteiger charge is -2.33. The first-order valence-electron chi connectivity index (χ1n) is 13.1. The van der Waals surface area contributed by atoms with Gasteiger partial charge in [0.25, 0.3) is 0 Å². The van der Waals surface area contributed by atoms with E-state index < -0.39 is 6.10 Å². The molecule has 2 aliphatic rings. The molecule has 2 aromatic rings. The standard InChI is InChI=1S/C27H40N6O4/c1-19(34)31(3)22-8-11-33(17-22)26-15-25(32(4)21-9-12-36-13-10-21)29-27(30-26)20-6-5-7-24(14-20)37-18-23(35)16-28-2/h5-7,14-15,21-23,28,35H,8-13,16-18H2,1-4H3. The van der Waals surface area contributed by atoms with E-state index in [4.69, 9.17) is 19.4 Å². The highest BCUT2D eigenvalue weighted by Crippen LogP contribution is 2.30. The van der Waals surface area contributed by atoms with Crippen LogP contribution in [0.3, 0.4) is 0 Å². The molecular weight excluding hydrogens is 472 g/mol. The lowest BCUT2D eigenvalue weighted by Crippen LogP contribution is -2.38. The molecule has 10 heteroatoms. The van der Waals surface area contributed by atoms with Gasteiger partial charge in [0.2, 0.25) is 5.91 Å². The molecule has 0 saturated carbocycles. The summed E-state index contributed by atoms with van der Waals surface area (Å²) in [5.74, 6) is 3.08. The summed E-state index contributed by atoms with van der Waals surface area (Å²) in [5.41, 5.74) is 0.848. The van der Waals surface area contributed by atoms with Crippen molar-refractivity contribution in [3.05, 3.63) is 30.3 Å².